The molecule has 0 atom stereocenters. The van der Waals surface area contributed by atoms with Crippen LogP contribution in [0, 0.1) is 15.9 Å². The number of carbonyl (C=O) groups excluding carboxylic acids is 1. The minimum atomic E-state index is -0.467. The van der Waals surface area contributed by atoms with E-state index in [1.165, 1.54) is 24.3 Å². The van der Waals surface area contributed by atoms with E-state index in [1.54, 1.807) is 30.3 Å². The molecule has 0 aliphatic rings. The van der Waals surface area contributed by atoms with Crippen LogP contribution < -0.4 is 0 Å². The topological polar surface area (TPSA) is 108 Å². The average molecular weight is 449 g/mol. The second kappa shape index (κ2) is 9.64. The SMILES string of the molecule is CN(CCCCCc1cc(-c2cccc(F)c2)n[nH]1)C(=O)c1c[nH]c2ccc([N+](=O)[O-])cc12. The lowest BCUT2D eigenvalue weighted by Gasteiger charge is -2.16. The van der Waals surface area contributed by atoms with Crippen LogP contribution in [0.3, 0.4) is 0 Å². The number of carbonyl (C=O) groups is 1. The highest BCUT2D eigenvalue weighted by atomic mass is 19.1. The Balaban J connectivity index is 1.27. The van der Waals surface area contributed by atoms with Crippen molar-refractivity contribution in [3.63, 3.8) is 0 Å². The number of rotatable bonds is 9. The van der Waals surface area contributed by atoms with Gasteiger partial charge in [-0.3, -0.25) is 20.0 Å². The van der Waals surface area contributed by atoms with Crippen molar-refractivity contribution >= 4 is 22.5 Å². The molecule has 4 rings (SSSR count). The van der Waals surface area contributed by atoms with E-state index in [0.717, 1.165) is 36.9 Å². The number of hydrogen-bond acceptors (Lipinski definition) is 4. The van der Waals surface area contributed by atoms with Gasteiger partial charge in [0, 0.05) is 54.1 Å². The van der Waals surface area contributed by atoms with E-state index >= 15 is 0 Å². The van der Waals surface area contributed by atoms with Gasteiger partial charge in [0.1, 0.15) is 5.82 Å². The third-order valence-corrected chi connectivity index (χ3v) is 5.64. The fourth-order valence-corrected chi connectivity index (χ4v) is 3.83. The van der Waals surface area contributed by atoms with Crippen molar-refractivity contribution in [3.05, 3.63) is 81.9 Å². The maximum absolute atomic E-state index is 13.4. The lowest BCUT2D eigenvalue weighted by molar-refractivity contribution is -0.384. The van der Waals surface area contributed by atoms with Crippen LogP contribution in [0.25, 0.3) is 22.2 Å². The lowest BCUT2D eigenvalue weighted by atomic mass is 10.1. The third kappa shape index (κ3) is 5.08. The largest absolute Gasteiger partial charge is 0.360 e. The molecule has 9 heteroatoms. The van der Waals surface area contributed by atoms with Gasteiger partial charge in [-0.1, -0.05) is 18.6 Å². The molecule has 4 aromatic rings. The summed E-state index contributed by atoms with van der Waals surface area (Å²) in [6.07, 6.45) is 5.08. The zero-order chi connectivity index (χ0) is 23.4. The van der Waals surface area contributed by atoms with Crippen LogP contribution >= 0.6 is 0 Å². The lowest BCUT2D eigenvalue weighted by Crippen LogP contribution is -2.27. The van der Waals surface area contributed by atoms with Gasteiger partial charge in [-0.2, -0.15) is 5.10 Å². The van der Waals surface area contributed by atoms with Crippen molar-refractivity contribution in [3.8, 4) is 11.3 Å². The zero-order valence-electron chi connectivity index (χ0n) is 18.2. The van der Waals surface area contributed by atoms with Crippen LogP contribution in [-0.4, -0.2) is 44.5 Å². The molecule has 0 unspecified atom stereocenters. The van der Waals surface area contributed by atoms with Gasteiger partial charge in [-0.15, -0.1) is 0 Å². The standard InChI is InChI=1S/C24H24FN5O3/c1-29(24(31)21-15-26-22-10-9-19(30(32)33)14-20(21)22)11-4-2-3-8-18-13-23(28-27-18)16-6-5-7-17(25)12-16/h5-7,9-10,12-15,26H,2-4,8,11H2,1H3,(H,27,28). The molecule has 0 saturated carbocycles. The van der Waals surface area contributed by atoms with Gasteiger partial charge >= 0.3 is 0 Å². The number of benzene rings is 2. The van der Waals surface area contributed by atoms with E-state index in [9.17, 15) is 19.3 Å². The Kier molecular flexibility index (Phi) is 6.48. The minimum absolute atomic E-state index is 0.0434. The molecule has 33 heavy (non-hydrogen) atoms. The van der Waals surface area contributed by atoms with Crippen molar-refractivity contribution in [2.75, 3.05) is 13.6 Å². The van der Waals surface area contributed by atoms with Gasteiger partial charge in [0.25, 0.3) is 11.6 Å². The smallest absolute Gasteiger partial charge is 0.270 e. The summed E-state index contributed by atoms with van der Waals surface area (Å²) in [7, 11) is 1.73. The summed E-state index contributed by atoms with van der Waals surface area (Å²) in [4.78, 5) is 28.1. The van der Waals surface area contributed by atoms with Crippen molar-refractivity contribution in [2.45, 2.75) is 25.7 Å². The molecule has 0 saturated heterocycles. The number of nitrogens with zero attached hydrogens (tertiary/aromatic N) is 3. The second-order valence-corrected chi connectivity index (χ2v) is 8.02. The van der Waals surface area contributed by atoms with Gasteiger partial charge in [-0.25, -0.2) is 4.39 Å². The summed E-state index contributed by atoms with van der Waals surface area (Å²) in [6.45, 7) is 0.581. The van der Waals surface area contributed by atoms with E-state index in [2.05, 4.69) is 15.2 Å². The van der Waals surface area contributed by atoms with E-state index < -0.39 is 4.92 Å². The third-order valence-electron chi connectivity index (χ3n) is 5.64. The van der Waals surface area contributed by atoms with Crippen molar-refractivity contribution in [1.82, 2.24) is 20.1 Å². The zero-order valence-corrected chi connectivity index (χ0v) is 18.2. The number of amides is 1. The quantitative estimate of drug-likeness (QED) is 0.211. The minimum Gasteiger partial charge on any atom is -0.360 e. The molecule has 2 heterocycles. The van der Waals surface area contributed by atoms with Gasteiger partial charge < -0.3 is 9.88 Å². The van der Waals surface area contributed by atoms with Crippen LogP contribution in [0.4, 0.5) is 10.1 Å². The van der Waals surface area contributed by atoms with Gasteiger partial charge in [0.2, 0.25) is 0 Å². The second-order valence-electron chi connectivity index (χ2n) is 8.02. The van der Waals surface area contributed by atoms with Crippen LogP contribution in [0.2, 0.25) is 0 Å². The molecule has 0 aliphatic carbocycles. The number of nitro groups is 1. The molecule has 0 aliphatic heterocycles. The highest BCUT2D eigenvalue weighted by molar-refractivity contribution is 6.07. The summed E-state index contributed by atoms with van der Waals surface area (Å²) in [5, 5.41) is 18.9. The van der Waals surface area contributed by atoms with Crippen LogP contribution in [-0.2, 0) is 6.42 Å². The molecule has 8 nitrogen and oxygen atoms in total. The van der Waals surface area contributed by atoms with Crippen molar-refractivity contribution in [2.24, 2.45) is 0 Å². The highest BCUT2D eigenvalue weighted by Gasteiger charge is 2.18. The highest BCUT2D eigenvalue weighted by Crippen LogP contribution is 2.25. The van der Waals surface area contributed by atoms with E-state index in [4.69, 9.17) is 0 Å². The fraction of sp³-hybridized carbons (Fsp3) is 0.250. The first-order valence-electron chi connectivity index (χ1n) is 10.7. The molecular weight excluding hydrogens is 425 g/mol. The number of aromatic nitrogens is 3. The fourth-order valence-electron chi connectivity index (χ4n) is 3.83. The molecular formula is C24H24FN5O3. The Bertz CT molecular complexity index is 1300. The summed E-state index contributed by atoms with van der Waals surface area (Å²) in [5.41, 5.74) is 3.51. The number of non-ortho nitro benzene ring substituents is 1. The number of fused-ring (bicyclic) bond motifs is 1. The number of halogens is 1. The summed E-state index contributed by atoms with van der Waals surface area (Å²) in [5.74, 6) is -0.461. The maximum Gasteiger partial charge on any atom is 0.270 e. The Hall–Kier alpha value is -4.01. The number of H-pyrrole nitrogens is 2. The normalized spacial score (nSPS) is 11.1. The van der Waals surface area contributed by atoms with Crippen molar-refractivity contribution < 1.29 is 14.1 Å². The molecule has 2 N–H and O–H groups in total. The van der Waals surface area contributed by atoms with E-state index in [0.29, 0.717) is 28.7 Å². The maximum atomic E-state index is 13.4. The number of nitro benzene ring substituents is 1. The Morgan fingerprint density at radius 2 is 2.00 bits per heavy atom. The van der Waals surface area contributed by atoms with Gasteiger partial charge in [0.15, 0.2) is 0 Å². The Morgan fingerprint density at radius 1 is 1.15 bits per heavy atom. The summed E-state index contributed by atoms with van der Waals surface area (Å²) >= 11 is 0. The number of aromatic amines is 2. The van der Waals surface area contributed by atoms with E-state index in [1.807, 2.05) is 12.1 Å². The molecule has 170 valence electrons. The predicted molar refractivity (Wildman–Crippen MR) is 123 cm³/mol. The first-order chi connectivity index (χ1) is 15.9. The molecule has 0 bridgehead atoms. The molecule has 2 aromatic carbocycles. The first-order valence-corrected chi connectivity index (χ1v) is 10.7. The average Bonchev–Trinajstić information content (AvgIpc) is 3.45. The monoisotopic (exact) mass is 449 g/mol. The first kappa shape index (κ1) is 22.2. The predicted octanol–water partition coefficient (Wildman–Crippen LogP) is 5.09. The molecule has 2 aromatic heterocycles. The summed E-state index contributed by atoms with van der Waals surface area (Å²) in [6, 6.07) is 12.7. The number of aryl methyl sites for hydroxylation is 1. The molecule has 0 radical (unpaired) electrons. The Morgan fingerprint density at radius 3 is 2.79 bits per heavy atom. The molecule has 0 fully saturated rings. The Labute approximate surface area is 189 Å². The number of unbranched alkanes of at least 4 members (excludes halogenated alkanes) is 2. The van der Waals surface area contributed by atoms with Gasteiger partial charge in [-0.05, 0) is 43.5 Å². The molecule has 1 amide bonds. The number of hydrogen-bond donors (Lipinski definition) is 2. The summed E-state index contributed by atoms with van der Waals surface area (Å²) < 4.78 is 13.4. The molecule has 0 spiro atoms. The van der Waals surface area contributed by atoms with Crippen LogP contribution in [0.15, 0.2) is 54.7 Å². The van der Waals surface area contributed by atoms with Crippen molar-refractivity contribution in [1.29, 1.82) is 0 Å². The van der Waals surface area contributed by atoms with Gasteiger partial charge in [0.05, 0.1) is 16.2 Å². The van der Waals surface area contributed by atoms with E-state index in [-0.39, 0.29) is 17.4 Å². The number of nitrogens with one attached hydrogen (secondary N) is 2. The van der Waals surface area contributed by atoms with Crippen LogP contribution in [0.1, 0.15) is 35.3 Å². The van der Waals surface area contributed by atoms with Crippen LogP contribution in [0.5, 0.6) is 0 Å².